The van der Waals surface area contributed by atoms with Gasteiger partial charge in [0.25, 0.3) is 0 Å². The van der Waals surface area contributed by atoms with Gasteiger partial charge in [-0.25, -0.2) is 9.78 Å². The molecule has 1 aromatic heterocycles. The van der Waals surface area contributed by atoms with Gasteiger partial charge in [0.05, 0.1) is 12.1 Å². The summed E-state index contributed by atoms with van der Waals surface area (Å²) in [6, 6.07) is 0.371. The molecule has 1 heterocycles. The van der Waals surface area contributed by atoms with Gasteiger partial charge in [-0.15, -0.1) is 0 Å². The van der Waals surface area contributed by atoms with Crippen molar-refractivity contribution in [3.63, 3.8) is 0 Å². The lowest BCUT2D eigenvalue weighted by Gasteiger charge is -2.15. The average molecular weight is 324 g/mol. The van der Waals surface area contributed by atoms with Crippen LogP contribution in [0.5, 0.6) is 0 Å². The first kappa shape index (κ1) is 15.9. The third-order valence-corrected chi connectivity index (χ3v) is 2.41. The van der Waals surface area contributed by atoms with Crippen molar-refractivity contribution in [2.45, 2.75) is 11.6 Å². The molecule has 106 valence electrons. The van der Waals surface area contributed by atoms with Gasteiger partial charge < -0.3 is 4.74 Å². The summed E-state index contributed by atoms with van der Waals surface area (Å²) in [7, 11) is 0.808. The molecule has 0 bridgehead atoms. The predicted octanol–water partition coefficient (Wildman–Crippen LogP) is 3.83. The lowest BCUT2D eigenvalue weighted by Crippen LogP contribution is -2.20. The third-order valence-electron chi connectivity index (χ3n) is 1.92. The Labute approximate surface area is 113 Å². The van der Waals surface area contributed by atoms with E-state index in [9.17, 15) is 26.7 Å². The predicted molar refractivity (Wildman–Crippen MR) is 55.3 cm³/mol. The molecule has 0 aliphatic rings. The lowest BCUT2D eigenvalue weighted by molar-refractivity contribution is -0.142. The van der Waals surface area contributed by atoms with Gasteiger partial charge in [0, 0.05) is 0 Å². The second-order valence-corrected chi connectivity index (χ2v) is 4.08. The zero-order valence-corrected chi connectivity index (χ0v) is 10.5. The zero-order valence-electron chi connectivity index (χ0n) is 8.99. The molecule has 0 spiro atoms. The van der Waals surface area contributed by atoms with Gasteiger partial charge >= 0.3 is 17.5 Å². The molecule has 0 aliphatic heterocycles. The summed E-state index contributed by atoms with van der Waals surface area (Å²) in [6.45, 7) is 0. The summed E-state index contributed by atoms with van der Waals surface area (Å²) in [5.74, 6) is -1.45. The molecule has 0 saturated heterocycles. The summed E-state index contributed by atoms with van der Waals surface area (Å²) < 4.78 is 67.7. The van der Waals surface area contributed by atoms with Crippen LogP contribution < -0.4 is 0 Å². The van der Waals surface area contributed by atoms with Crippen molar-refractivity contribution in [1.29, 1.82) is 0 Å². The molecule has 0 aromatic carbocycles. The van der Waals surface area contributed by atoms with Gasteiger partial charge in [-0.05, 0) is 17.7 Å². The first-order chi connectivity index (χ1) is 8.48. The minimum absolute atomic E-state index is 0.371. The van der Waals surface area contributed by atoms with Crippen LogP contribution in [0.4, 0.5) is 22.0 Å². The van der Waals surface area contributed by atoms with E-state index in [2.05, 4.69) is 21.3 Å². The maximum Gasteiger partial charge on any atom is 0.434 e. The minimum atomic E-state index is -5.18. The van der Waals surface area contributed by atoms with Gasteiger partial charge in [0.2, 0.25) is 0 Å². The second-order valence-electron chi connectivity index (χ2n) is 3.20. The largest absolute Gasteiger partial charge is 0.465 e. The van der Waals surface area contributed by atoms with Gasteiger partial charge in [0.1, 0.15) is 11.3 Å². The molecule has 0 fully saturated rings. The van der Waals surface area contributed by atoms with Crippen molar-refractivity contribution in [3.8, 4) is 0 Å². The van der Waals surface area contributed by atoms with Gasteiger partial charge in [-0.2, -0.15) is 22.0 Å². The quantitative estimate of drug-likeness (QED) is 0.471. The van der Waals surface area contributed by atoms with E-state index in [4.69, 9.17) is 11.6 Å². The molecule has 0 N–H and O–H groups in total. The number of ether oxygens (including phenoxy) is 1. The maximum absolute atomic E-state index is 12.8. The fourth-order valence-corrected chi connectivity index (χ4v) is 1.53. The van der Waals surface area contributed by atoms with E-state index in [0.717, 1.165) is 7.11 Å². The molecule has 0 aliphatic carbocycles. The minimum Gasteiger partial charge on any atom is -0.465 e. The molecule has 0 amide bonds. The molecular formula is C9H4Cl2F5NO2. The number of carbonyl (C=O) groups excluding carboxylic acids is 1. The Morgan fingerprint density at radius 1 is 1.32 bits per heavy atom. The van der Waals surface area contributed by atoms with Gasteiger partial charge in [-0.1, -0.05) is 11.6 Å². The lowest BCUT2D eigenvalue weighted by atomic mass is 10.1. The number of carbonyl (C=O) groups is 1. The van der Waals surface area contributed by atoms with Crippen molar-refractivity contribution in [1.82, 2.24) is 4.98 Å². The molecule has 19 heavy (non-hydrogen) atoms. The number of halogens is 7. The third kappa shape index (κ3) is 3.44. The highest BCUT2D eigenvalue weighted by Gasteiger charge is 2.42. The van der Waals surface area contributed by atoms with Crippen LogP contribution in [0.2, 0.25) is 5.02 Å². The molecule has 0 atom stereocenters. The number of rotatable bonds is 2. The van der Waals surface area contributed by atoms with E-state index in [1.165, 1.54) is 0 Å². The summed E-state index contributed by atoms with van der Waals surface area (Å²) in [4.78, 5) is 13.8. The Hall–Kier alpha value is -1.15. The molecule has 1 aromatic rings. The molecule has 10 heteroatoms. The average Bonchev–Trinajstić information content (AvgIpc) is 2.24. The standard InChI is InChI=1S/C9H4Cl2F5NO2/c1-19-7(18)5-3(10)2-4(8(11,12)13)17-6(5)9(14,15)16/h2H,1H3. The Morgan fingerprint density at radius 2 is 1.84 bits per heavy atom. The molecule has 0 unspecified atom stereocenters. The SMILES string of the molecule is COC(=O)c1c(Cl)cc(C(F)(F)Cl)nc1C(F)(F)F. The summed E-state index contributed by atoms with van der Waals surface area (Å²) >= 11 is 9.97. The second kappa shape index (κ2) is 5.09. The molecule has 0 radical (unpaired) electrons. The van der Waals surface area contributed by atoms with Crippen LogP contribution in [0.25, 0.3) is 0 Å². The number of hydrogen-bond acceptors (Lipinski definition) is 3. The van der Waals surface area contributed by atoms with E-state index < -0.39 is 39.5 Å². The van der Waals surface area contributed by atoms with Crippen molar-refractivity contribution < 1.29 is 31.5 Å². The van der Waals surface area contributed by atoms with E-state index in [0.29, 0.717) is 6.07 Å². The fraction of sp³-hybridized carbons (Fsp3) is 0.333. The summed E-state index contributed by atoms with van der Waals surface area (Å²) in [5.41, 5.74) is -4.46. The number of pyridine rings is 1. The molecular weight excluding hydrogens is 320 g/mol. The van der Waals surface area contributed by atoms with Crippen LogP contribution in [-0.2, 0) is 16.3 Å². The van der Waals surface area contributed by atoms with Crippen LogP contribution in [0.15, 0.2) is 6.07 Å². The Morgan fingerprint density at radius 3 is 2.21 bits per heavy atom. The fourth-order valence-electron chi connectivity index (χ4n) is 1.16. The normalized spacial score (nSPS) is 12.4. The summed E-state index contributed by atoms with van der Waals surface area (Å²) in [6.07, 6.45) is -5.18. The Balaban J connectivity index is 3.62. The van der Waals surface area contributed by atoms with Crippen LogP contribution in [0.3, 0.4) is 0 Å². The number of esters is 1. The highest BCUT2D eigenvalue weighted by molar-refractivity contribution is 6.34. The monoisotopic (exact) mass is 323 g/mol. The summed E-state index contributed by atoms with van der Waals surface area (Å²) in [5, 5.41) is -5.04. The van der Waals surface area contributed by atoms with E-state index >= 15 is 0 Å². The highest BCUT2D eigenvalue weighted by Crippen LogP contribution is 2.39. The maximum atomic E-state index is 12.8. The van der Waals surface area contributed by atoms with Crippen molar-refractivity contribution in [3.05, 3.63) is 28.0 Å². The van der Waals surface area contributed by atoms with E-state index in [-0.39, 0.29) is 0 Å². The smallest absolute Gasteiger partial charge is 0.434 e. The van der Waals surface area contributed by atoms with E-state index in [1.54, 1.807) is 0 Å². The van der Waals surface area contributed by atoms with Crippen molar-refractivity contribution in [2.75, 3.05) is 7.11 Å². The number of alkyl halides is 6. The highest BCUT2D eigenvalue weighted by atomic mass is 35.5. The van der Waals surface area contributed by atoms with Gasteiger partial charge in [0.15, 0.2) is 5.69 Å². The van der Waals surface area contributed by atoms with Crippen LogP contribution in [0, 0.1) is 0 Å². The number of methoxy groups -OCH3 is 1. The van der Waals surface area contributed by atoms with Crippen molar-refractivity contribution in [2.24, 2.45) is 0 Å². The molecule has 1 rings (SSSR count). The van der Waals surface area contributed by atoms with Crippen LogP contribution in [-0.4, -0.2) is 18.1 Å². The molecule has 0 saturated carbocycles. The van der Waals surface area contributed by atoms with Crippen LogP contribution in [0.1, 0.15) is 21.7 Å². The first-order valence-electron chi connectivity index (χ1n) is 4.41. The first-order valence-corrected chi connectivity index (χ1v) is 5.17. The van der Waals surface area contributed by atoms with Crippen molar-refractivity contribution >= 4 is 29.2 Å². The number of nitrogens with zero attached hydrogens (tertiary/aromatic N) is 1. The Kier molecular flexibility index (Phi) is 4.26. The number of hydrogen-bond donors (Lipinski definition) is 0. The van der Waals surface area contributed by atoms with Crippen LogP contribution >= 0.6 is 23.2 Å². The van der Waals surface area contributed by atoms with Gasteiger partial charge in [-0.3, -0.25) is 0 Å². The topological polar surface area (TPSA) is 39.2 Å². The number of aromatic nitrogens is 1. The van der Waals surface area contributed by atoms with E-state index in [1.807, 2.05) is 0 Å². The molecule has 3 nitrogen and oxygen atoms in total. The zero-order chi connectivity index (χ0) is 15.0. The Bertz CT molecular complexity index is 513.